The Labute approximate surface area is 154 Å². The molecule has 0 saturated carbocycles. The number of alkyl halides is 1. The number of hydrogen-bond acceptors (Lipinski definition) is 5. The highest BCUT2D eigenvalue weighted by Crippen LogP contribution is 2.04. The van der Waals surface area contributed by atoms with Gasteiger partial charge in [-0.3, -0.25) is 24.1 Å². The van der Waals surface area contributed by atoms with Gasteiger partial charge in [0.2, 0.25) is 11.8 Å². The first kappa shape index (κ1) is 20.6. The first-order chi connectivity index (χ1) is 11.2. The lowest BCUT2D eigenvalue weighted by Crippen LogP contribution is -2.47. The first-order valence-electron chi connectivity index (χ1n) is 7.50. The zero-order valence-corrected chi connectivity index (χ0v) is 15.9. The van der Waals surface area contributed by atoms with Crippen LogP contribution in [0.2, 0.25) is 0 Å². The Bertz CT molecular complexity index is 515. The van der Waals surface area contributed by atoms with Crippen molar-refractivity contribution in [3.8, 4) is 0 Å². The van der Waals surface area contributed by atoms with Crippen LogP contribution in [0.4, 0.5) is 0 Å². The molecule has 0 spiro atoms. The van der Waals surface area contributed by atoms with E-state index in [2.05, 4.69) is 10.6 Å². The van der Waals surface area contributed by atoms with Crippen LogP contribution < -0.4 is 10.6 Å². The molecule has 8 nitrogen and oxygen atoms in total. The predicted molar refractivity (Wildman–Crippen MR) is 95.4 cm³/mol. The van der Waals surface area contributed by atoms with E-state index in [4.69, 9.17) is 4.74 Å². The molecule has 4 amide bonds. The van der Waals surface area contributed by atoms with Gasteiger partial charge in [-0.05, 0) is 13.8 Å². The van der Waals surface area contributed by atoms with E-state index < -0.39 is 5.54 Å². The Morgan fingerprint density at radius 3 is 2.42 bits per heavy atom. The number of ether oxygens (including phenoxy) is 1. The zero-order chi connectivity index (χ0) is 18.2. The topological polar surface area (TPSA) is 105 Å². The van der Waals surface area contributed by atoms with Crippen molar-refractivity contribution in [1.29, 1.82) is 0 Å². The van der Waals surface area contributed by atoms with Gasteiger partial charge in [0.05, 0.1) is 23.2 Å². The van der Waals surface area contributed by atoms with E-state index in [1.807, 2.05) is 36.4 Å². The molecule has 0 aromatic heterocycles. The van der Waals surface area contributed by atoms with Crippen LogP contribution in [0.15, 0.2) is 12.2 Å². The molecule has 0 bridgehead atoms. The molecule has 0 saturated heterocycles. The van der Waals surface area contributed by atoms with Crippen molar-refractivity contribution in [3.63, 3.8) is 0 Å². The summed E-state index contributed by atoms with van der Waals surface area (Å²) in [5.41, 5.74) is -0.498. The minimum Gasteiger partial charge on any atom is -0.379 e. The van der Waals surface area contributed by atoms with Crippen LogP contribution >= 0.6 is 22.6 Å². The van der Waals surface area contributed by atoms with E-state index in [0.717, 1.165) is 4.90 Å². The summed E-state index contributed by atoms with van der Waals surface area (Å²) in [6.07, 6.45) is 2.57. The van der Waals surface area contributed by atoms with Crippen molar-refractivity contribution in [2.45, 2.75) is 25.8 Å². The van der Waals surface area contributed by atoms with Gasteiger partial charge in [0.25, 0.3) is 11.8 Å². The predicted octanol–water partition coefficient (Wildman–Crippen LogP) is -0.236. The maximum absolute atomic E-state index is 11.7. The standard InChI is InChI=1S/C15H22IN3O5/c1-15(2,18-12(21)9-16)10-24-8-5-11(20)17-6-7-19-13(22)3-4-14(19)23/h3-4H,5-10H2,1-2H3,(H,17,20)(H,18,21). The molecule has 0 unspecified atom stereocenters. The molecule has 1 aliphatic heterocycles. The van der Waals surface area contributed by atoms with Crippen molar-refractivity contribution < 1.29 is 23.9 Å². The van der Waals surface area contributed by atoms with Gasteiger partial charge >= 0.3 is 0 Å². The minimum atomic E-state index is -0.498. The van der Waals surface area contributed by atoms with Gasteiger partial charge in [-0.15, -0.1) is 0 Å². The number of nitrogens with zero attached hydrogens (tertiary/aromatic N) is 1. The summed E-state index contributed by atoms with van der Waals surface area (Å²) in [6.45, 7) is 4.55. The second kappa shape index (κ2) is 9.72. The van der Waals surface area contributed by atoms with E-state index in [1.165, 1.54) is 12.2 Å². The van der Waals surface area contributed by atoms with Gasteiger partial charge < -0.3 is 15.4 Å². The van der Waals surface area contributed by atoms with Crippen molar-refractivity contribution in [1.82, 2.24) is 15.5 Å². The maximum atomic E-state index is 11.7. The second-order valence-electron chi connectivity index (χ2n) is 5.88. The van der Waals surface area contributed by atoms with E-state index in [0.29, 0.717) is 11.0 Å². The summed E-state index contributed by atoms with van der Waals surface area (Å²) in [6, 6.07) is 0. The van der Waals surface area contributed by atoms with E-state index >= 15 is 0 Å². The highest BCUT2D eigenvalue weighted by Gasteiger charge is 2.23. The largest absolute Gasteiger partial charge is 0.379 e. The summed E-state index contributed by atoms with van der Waals surface area (Å²) in [4.78, 5) is 46.7. The Balaban J connectivity index is 2.13. The molecule has 1 heterocycles. The third kappa shape index (κ3) is 7.39. The fourth-order valence-corrected chi connectivity index (χ4v) is 2.18. The molecule has 0 fully saturated rings. The number of amides is 4. The molecule has 0 aromatic carbocycles. The average Bonchev–Trinajstić information content (AvgIpc) is 2.83. The molecule has 9 heteroatoms. The molecular weight excluding hydrogens is 429 g/mol. The molecule has 2 N–H and O–H groups in total. The van der Waals surface area contributed by atoms with Gasteiger partial charge in [-0.1, -0.05) is 22.6 Å². The van der Waals surface area contributed by atoms with Crippen LogP contribution in [0.25, 0.3) is 0 Å². The molecule has 1 aliphatic rings. The normalized spacial score (nSPS) is 14.2. The fraction of sp³-hybridized carbons (Fsp3) is 0.600. The smallest absolute Gasteiger partial charge is 0.253 e. The number of rotatable bonds is 10. The summed E-state index contributed by atoms with van der Waals surface area (Å²) in [5.74, 6) is -1.03. The average molecular weight is 451 g/mol. The van der Waals surface area contributed by atoms with E-state index in [1.54, 1.807) is 0 Å². The summed E-state index contributed by atoms with van der Waals surface area (Å²) in [7, 11) is 0. The van der Waals surface area contributed by atoms with Gasteiger partial charge in [-0.25, -0.2) is 0 Å². The van der Waals surface area contributed by atoms with Crippen molar-refractivity contribution in [2.75, 3.05) is 30.7 Å². The number of carbonyl (C=O) groups is 4. The van der Waals surface area contributed by atoms with Crippen LogP contribution in [0, 0.1) is 0 Å². The number of hydrogen-bond donors (Lipinski definition) is 2. The SMILES string of the molecule is CC(C)(COCCC(=O)NCCN1C(=O)C=CC1=O)NC(=O)CI. The van der Waals surface area contributed by atoms with Gasteiger partial charge in [-0.2, -0.15) is 0 Å². The molecule has 24 heavy (non-hydrogen) atoms. The third-order valence-corrected chi connectivity index (χ3v) is 3.79. The Kier molecular flexibility index (Phi) is 8.32. The Morgan fingerprint density at radius 1 is 1.21 bits per heavy atom. The first-order valence-corrected chi connectivity index (χ1v) is 9.03. The van der Waals surface area contributed by atoms with E-state index in [-0.39, 0.29) is 49.7 Å². The number of nitrogens with one attached hydrogen (secondary N) is 2. The second-order valence-corrected chi connectivity index (χ2v) is 6.64. The number of halogens is 1. The Hall–Kier alpha value is -1.49. The van der Waals surface area contributed by atoms with E-state index in [9.17, 15) is 19.2 Å². The lowest BCUT2D eigenvalue weighted by molar-refractivity contribution is -0.137. The Morgan fingerprint density at radius 2 is 1.83 bits per heavy atom. The molecule has 0 atom stereocenters. The van der Waals surface area contributed by atoms with Crippen molar-refractivity contribution >= 4 is 46.2 Å². The quantitative estimate of drug-likeness (QED) is 0.207. The monoisotopic (exact) mass is 451 g/mol. The third-order valence-electron chi connectivity index (χ3n) is 3.09. The highest BCUT2D eigenvalue weighted by atomic mass is 127. The van der Waals surface area contributed by atoms with Gasteiger partial charge in [0, 0.05) is 31.7 Å². The summed E-state index contributed by atoms with van der Waals surface area (Å²) >= 11 is 1.98. The van der Waals surface area contributed by atoms with Crippen molar-refractivity contribution in [3.05, 3.63) is 12.2 Å². The maximum Gasteiger partial charge on any atom is 0.253 e. The summed E-state index contributed by atoms with van der Waals surface area (Å²) < 4.78 is 5.80. The molecular formula is C15H22IN3O5. The van der Waals surface area contributed by atoms with Gasteiger partial charge in [0.1, 0.15) is 0 Å². The molecule has 0 radical (unpaired) electrons. The lowest BCUT2D eigenvalue weighted by Gasteiger charge is -2.25. The number of carbonyl (C=O) groups excluding carboxylic acids is 4. The molecule has 134 valence electrons. The van der Waals surface area contributed by atoms with Crippen LogP contribution in [0.5, 0.6) is 0 Å². The lowest BCUT2D eigenvalue weighted by atomic mass is 10.1. The highest BCUT2D eigenvalue weighted by molar-refractivity contribution is 14.1. The van der Waals surface area contributed by atoms with Crippen LogP contribution in [0.3, 0.4) is 0 Å². The summed E-state index contributed by atoms with van der Waals surface area (Å²) in [5, 5.41) is 5.45. The molecule has 0 aromatic rings. The van der Waals surface area contributed by atoms with Gasteiger partial charge in [0.15, 0.2) is 0 Å². The molecule has 0 aliphatic carbocycles. The van der Waals surface area contributed by atoms with Crippen LogP contribution in [0.1, 0.15) is 20.3 Å². The number of imide groups is 1. The van der Waals surface area contributed by atoms with Crippen LogP contribution in [-0.2, 0) is 23.9 Å². The molecule has 1 rings (SSSR count). The minimum absolute atomic E-state index is 0.0672. The van der Waals surface area contributed by atoms with Crippen molar-refractivity contribution in [2.24, 2.45) is 0 Å². The zero-order valence-electron chi connectivity index (χ0n) is 13.8. The fourth-order valence-electron chi connectivity index (χ4n) is 1.99. The van der Waals surface area contributed by atoms with Crippen LogP contribution in [-0.4, -0.2) is 64.8 Å².